The molecule has 1 aliphatic heterocycles. The Morgan fingerprint density at radius 3 is 2.45 bits per heavy atom. The molecule has 20 heavy (non-hydrogen) atoms. The van der Waals surface area contributed by atoms with E-state index in [9.17, 15) is 4.79 Å². The van der Waals surface area contributed by atoms with Crippen LogP contribution in [0.3, 0.4) is 0 Å². The van der Waals surface area contributed by atoms with Crippen LogP contribution in [-0.2, 0) is 4.79 Å². The zero-order chi connectivity index (χ0) is 14.5. The third-order valence-electron chi connectivity index (χ3n) is 3.72. The van der Waals surface area contributed by atoms with Crippen LogP contribution < -0.4 is 4.90 Å². The molecule has 0 unspecified atom stereocenters. The molecule has 1 amide bonds. The minimum Gasteiger partial charge on any atom is -0.346 e. The van der Waals surface area contributed by atoms with Crippen LogP contribution in [0.25, 0.3) is 0 Å². The Balaban J connectivity index is 1.81. The molecule has 2 rings (SSSR count). The second kappa shape index (κ2) is 7.04. The van der Waals surface area contributed by atoms with Crippen LogP contribution in [-0.4, -0.2) is 66.5 Å². The summed E-state index contributed by atoms with van der Waals surface area (Å²) in [5, 5.41) is 3.20. The average molecular weight is 296 g/mol. The van der Waals surface area contributed by atoms with Gasteiger partial charge in [-0.15, -0.1) is 11.3 Å². The second-order valence-electron chi connectivity index (χ2n) is 5.10. The van der Waals surface area contributed by atoms with Crippen molar-refractivity contribution in [2.45, 2.75) is 20.8 Å². The van der Waals surface area contributed by atoms with Gasteiger partial charge in [0.1, 0.15) is 0 Å². The summed E-state index contributed by atoms with van der Waals surface area (Å²) in [7, 11) is 0. The number of piperazine rings is 1. The standard InChI is InChI=1S/C14H24N4OS/c1-4-17(5-2)13(19)10-16-6-8-18(9-7-16)14-15-12(3)11-20-14/h11H,4-10H2,1-3H3. The van der Waals surface area contributed by atoms with Crippen molar-refractivity contribution in [2.24, 2.45) is 0 Å². The van der Waals surface area contributed by atoms with Crippen LogP contribution in [0.2, 0.25) is 0 Å². The number of aromatic nitrogens is 1. The van der Waals surface area contributed by atoms with E-state index >= 15 is 0 Å². The molecule has 1 aliphatic rings. The van der Waals surface area contributed by atoms with Crippen molar-refractivity contribution in [1.82, 2.24) is 14.8 Å². The highest BCUT2D eigenvalue weighted by molar-refractivity contribution is 7.13. The van der Waals surface area contributed by atoms with Crippen molar-refractivity contribution in [2.75, 3.05) is 50.7 Å². The fraction of sp³-hybridized carbons (Fsp3) is 0.714. The maximum Gasteiger partial charge on any atom is 0.236 e. The summed E-state index contributed by atoms with van der Waals surface area (Å²) in [6.07, 6.45) is 0. The molecule has 112 valence electrons. The van der Waals surface area contributed by atoms with Crippen LogP contribution in [0.15, 0.2) is 5.38 Å². The van der Waals surface area contributed by atoms with E-state index in [1.54, 1.807) is 11.3 Å². The maximum atomic E-state index is 12.1. The first-order valence-corrected chi connectivity index (χ1v) is 8.19. The molecule has 0 N–H and O–H groups in total. The number of nitrogens with zero attached hydrogens (tertiary/aromatic N) is 4. The Morgan fingerprint density at radius 2 is 1.95 bits per heavy atom. The summed E-state index contributed by atoms with van der Waals surface area (Å²) in [6.45, 7) is 12.0. The summed E-state index contributed by atoms with van der Waals surface area (Å²) in [4.78, 5) is 23.1. The van der Waals surface area contributed by atoms with Gasteiger partial charge in [0, 0.05) is 44.6 Å². The fourth-order valence-electron chi connectivity index (χ4n) is 2.45. The lowest BCUT2D eigenvalue weighted by Gasteiger charge is -2.35. The summed E-state index contributed by atoms with van der Waals surface area (Å²) < 4.78 is 0. The summed E-state index contributed by atoms with van der Waals surface area (Å²) in [6, 6.07) is 0. The number of anilines is 1. The zero-order valence-corrected chi connectivity index (χ0v) is 13.4. The number of thiazole rings is 1. The van der Waals surface area contributed by atoms with Gasteiger partial charge in [-0.3, -0.25) is 9.69 Å². The summed E-state index contributed by atoms with van der Waals surface area (Å²) >= 11 is 1.70. The van der Waals surface area contributed by atoms with E-state index in [1.807, 2.05) is 25.7 Å². The van der Waals surface area contributed by atoms with Gasteiger partial charge in [-0.05, 0) is 20.8 Å². The highest BCUT2D eigenvalue weighted by Gasteiger charge is 2.22. The van der Waals surface area contributed by atoms with E-state index in [4.69, 9.17) is 0 Å². The number of carbonyl (C=O) groups is 1. The van der Waals surface area contributed by atoms with E-state index in [0.29, 0.717) is 6.54 Å². The molecule has 1 aromatic heterocycles. The number of aryl methyl sites for hydroxylation is 1. The van der Waals surface area contributed by atoms with Crippen LogP contribution in [0.4, 0.5) is 5.13 Å². The number of carbonyl (C=O) groups excluding carboxylic acids is 1. The van der Waals surface area contributed by atoms with Gasteiger partial charge in [-0.25, -0.2) is 4.98 Å². The first-order chi connectivity index (χ1) is 9.63. The first-order valence-electron chi connectivity index (χ1n) is 7.31. The monoisotopic (exact) mass is 296 g/mol. The Morgan fingerprint density at radius 1 is 1.30 bits per heavy atom. The molecule has 1 aromatic rings. The lowest BCUT2D eigenvalue weighted by molar-refractivity contribution is -0.132. The Hall–Kier alpha value is -1.14. The van der Waals surface area contributed by atoms with Crippen molar-refractivity contribution in [1.29, 1.82) is 0 Å². The topological polar surface area (TPSA) is 39.7 Å². The van der Waals surface area contributed by atoms with Crippen LogP contribution in [0, 0.1) is 6.92 Å². The molecule has 5 nitrogen and oxygen atoms in total. The second-order valence-corrected chi connectivity index (χ2v) is 5.94. The molecule has 1 saturated heterocycles. The quantitative estimate of drug-likeness (QED) is 0.824. The smallest absolute Gasteiger partial charge is 0.236 e. The van der Waals surface area contributed by atoms with Gasteiger partial charge < -0.3 is 9.80 Å². The summed E-state index contributed by atoms with van der Waals surface area (Å²) in [5.74, 6) is 0.244. The molecule has 6 heteroatoms. The minimum absolute atomic E-state index is 0.244. The predicted octanol–water partition coefficient (Wildman–Crippen LogP) is 1.44. The maximum absolute atomic E-state index is 12.1. The molecule has 0 radical (unpaired) electrons. The number of hydrogen-bond acceptors (Lipinski definition) is 5. The highest BCUT2D eigenvalue weighted by Crippen LogP contribution is 2.21. The van der Waals surface area contributed by atoms with E-state index < -0.39 is 0 Å². The van der Waals surface area contributed by atoms with E-state index in [2.05, 4.69) is 20.2 Å². The first kappa shape index (κ1) is 15.3. The minimum atomic E-state index is 0.244. The normalized spacial score (nSPS) is 16.4. The molecular weight excluding hydrogens is 272 g/mol. The molecule has 0 aliphatic carbocycles. The van der Waals surface area contributed by atoms with E-state index in [-0.39, 0.29) is 5.91 Å². The number of rotatable bonds is 5. The fourth-order valence-corrected chi connectivity index (χ4v) is 3.31. The van der Waals surface area contributed by atoms with Gasteiger partial charge >= 0.3 is 0 Å². The predicted molar refractivity (Wildman–Crippen MR) is 83.4 cm³/mol. The molecule has 0 spiro atoms. The van der Waals surface area contributed by atoms with Crippen molar-refractivity contribution in [3.8, 4) is 0 Å². The molecule has 2 heterocycles. The highest BCUT2D eigenvalue weighted by atomic mass is 32.1. The molecule has 0 bridgehead atoms. The van der Waals surface area contributed by atoms with Crippen LogP contribution >= 0.6 is 11.3 Å². The SMILES string of the molecule is CCN(CC)C(=O)CN1CCN(c2nc(C)cs2)CC1. The van der Waals surface area contributed by atoms with Gasteiger partial charge in [0.2, 0.25) is 5.91 Å². The van der Waals surface area contributed by atoms with Gasteiger partial charge in [-0.2, -0.15) is 0 Å². The van der Waals surface area contributed by atoms with Gasteiger partial charge in [0.25, 0.3) is 0 Å². The van der Waals surface area contributed by atoms with Crippen molar-refractivity contribution < 1.29 is 4.79 Å². The third kappa shape index (κ3) is 3.70. The van der Waals surface area contributed by atoms with Gasteiger partial charge in [0.15, 0.2) is 5.13 Å². The Kier molecular flexibility index (Phi) is 5.37. The van der Waals surface area contributed by atoms with Gasteiger partial charge in [-0.1, -0.05) is 0 Å². The molecule has 0 saturated carbocycles. The van der Waals surface area contributed by atoms with Crippen molar-refractivity contribution in [3.63, 3.8) is 0 Å². The lowest BCUT2D eigenvalue weighted by atomic mass is 10.3. The number of hydrogen-bond donors (Lipinski definition) is 0. The number of likely N-dealkylation sites (N-methyl/N-ethyl adjacent to an activating group) is 1. The Bertz CT molecular complexity index is 436. The van der Waals surface area contributed by atoms with E-state index in [0.717, 1.165) is 50.1 Å². The average Bonchev–Trinajstić information content (AvgIpc) is 2.87. The van der Waals surface area contributed by atoms with Gasteiger partial charge in [0.05, 0.1) is 12.2 Å². The molecule has 0 atom stereocenters. The Labute approximate surface area is 125 Å². The van der Waals surface area contributed by atoms with Crippen molar-refractivity contribution >= 4 is 22.4 Å². The number of amides is 1. The molecular formula is C14H24N4OS. The lowest BCUT2D eigenvalue weighted by Crippen LogP contribution is -2.50. The third-order valence-corrected chi connectivity index (χ3v) is 4.74. The zero-order valence-electron chi connectivity index (χ0n) is 12.6. The molecule has 1 fully saturated rings. The van der Waals surface area contributed by atoms with Crippen LogP contribution in [0.1, 0.15) is 19.5 Å². The molecule has 0 aromatic carbocycles. The van der Waals surface area contributed by atoms with E-state index in [1.165, 1.54) is 0 Å². The summed E-state index contributed by atoms with van der Waals surface area (Å²) in [5.41, 5.74) is 1.09. The van der Waals surface area contributed by atoms with Crippen LogP contribution in [0.5, 0.6) is 0 Å². The van der Waals surface area contributed by atoms with Crippen molar-refractivity contribution in [3.05, 3.63) is 11.1 Å². The largest absolute Gasteiger partial charge is 0.346 e.